The topological polar surface area (TPSA) is 206 Å². The van der Waals surface area contributed by atoms with E-state index in [0.29, 0.717) is 24.9 Å². The molecule has 0 saturated heterocycles. The molecule has 0 saturated carbocycles. The molecule has 0 radical (unpaired) electrons. The number of carbonyl (C=O) groups is 3. The van der Waals surface area contributed by atoms with E-state index in [1.165, 1.54) is 12.1 Å². The van der Waals surface area contributed by atoms with E-state index in [-0.39, 0.29) is 24.0 Å². The predicted molar refractivity (Wildman–Crippen MR) is 116 cm³/mol. The summed E-state index contributed by atoms with van der Waals surface area (Å²) in [5, 5.41) is 23.9. The highest BCUT2D eigenvalue weighted by atomic mass is 16.4. The summed E-state index contributed by atoms with van der Waals surface area (Å²) in [7, 11) is 0. The maximum absolute atomic E-state index is 12.7. The van der Waals surface area contributed by atoms with Gasteiger partial charge in [0, 0.05) is 13.0 Å². The molecule has 0 aromatic heterocycles. The molecule has 3 atom stereocenters. The van der Waals surface area contributed by atoms with Gasteiger partial charge in [-0.2, -0.15) is 0 Å². The molecule has 0 aliphatic carbocycles. The van der Waals surface area contributed by atoms with Crippen molar-refractivity contribution in [3.05, 3.63) is 29.8 Å². The van der Waals surface area contributed by atoms with Crippen molar-refractivity contribution < 1.29 is 24.6 Å². The molecule has 31 heavy (non-hydrogen) atoms. The van der Waals surface area contributed by atoms with Crippen LogP contribution >= 0.6 is 0 Å². The molecule has 172 valence electrons. The fourth-order valence-electron chi connectivity index (χ4n) is 2.78. The largest absolute Gasteiger partial charge is 0.508 e. The van der Waals surface area contributed by atoms with Gasteiger partial charge >= 0.3 is 5.97 Å². The van der Waals surface area contributed by atoms with E-state index in [9.17, 15) is 24.6 Å². The average Bonchev–Trinajstić information content (AvgIpc) is 2.69. The van der Waals surface area contributed by atoms with Crippen molar-refractivity contribution >= 4 is 23.7 Å². The lowest BCUT2D eigenvalue weighted by molar-refractivity contribution is -0.142. The Morgan fingerprint density at radius 1 is 1.06 bits per heavy atom. The number of phenols is 1. The Kier molecular flexibility index (Phi) is 10.3. The van der Waals surface area contributed by atoms with Gasteiger partial charge in [0.25, 0.3) is 0 Å². The Morgan fingerprint density at radius 3 is 2.19 bits per heavy atom. The van der Waals surface area contributed by atoms with E-state index in [1.54, 1.807) is 26.0 Å². The summed E-state index contributed by atoms with van der Waals surface area (Å²) in [6.45, 7) is 3.78. The fourth-order valence-corrected chi connectivity index (χ4v) is 2.78. The van der Waals surface area contributed by atoms with Crippen molar-refractivity contribution in [3.8, 4) is 5.75 Å². The van der Waals surface area contributed by atoms with Gasteiger partial charge in [-0.25, -0.2) is 4.79 Å². The quantitative estimate of drug-likeness (QED) is 0.123. The number of guanidine groups is 1. The van der Waals surface area contributed by atoms with Crippen molar-refractivity contribution in [3.63, 3.8) is 0 Å². The Balaban J connectivity index is 2.73. The third-order valence-electron chi connectivity index (χ3n) is 4.54. The van der Waals surface area contributed by atoms with Crippen LogP contribution in [-0.4, -0.2) is 58.6 Å². The molecular weight excluding hydrogens is 404 g/mol. The van der Waals surface area contributed by atoms with E-state index in [1.807, 2.05) is 0 Å². The number of aromatic hydroxyl groups is 1. The molecule has 1 rings (SSSR count). The van der Waals surface area contributed by atoms with E-state index in [4.69, 9.17) is 17.2 Å². The summed E-state index contributed by atoms with van der Waals surface area (Å²) in [5.41, 5.74) is 17.0. The minimum atomic E-state index is -1.22. The molecular formula is C20H32N6O5. The molecule has 0 bridgehead atoms. The van der Waals surface area contributed by atoms with Crippen LogP contribution in [0.25, 0.3) is 0 Å². The van der Waals surface area contributed by atoms with Crippen molar-refractivity contribution in [2.75, 3.05) is 6.54 Å². The van der Waals surface area contributed by atoms with Crippen molar-refractivity contribution in [1.82, 2.24) is 10.6 Å². The fraction of sp³-hybridized carbons (Fsp3) is 0.500. The lowest BCUT2D eigenvalue weighted by Crippen LogP contribution is -2.56. The number of nitrogens with zero attached hydrogens (tertiary/aromatic N) is 1. The summed E-state index contributed by atoms with van der Waals surface area (Å²) < 4.78 is 0. The molecule has 2 amide bonds. The van der Waals surface area contributed by atoms with Gasteiger partial charge in [-0.3, -0.25) is 14.6 Å². The van der Waals surface area contributed by atoms with Gasteiger partial charge in [0.2, 0.25) is 11.8 Å². The van der Waals surface area contributed by atoms with E-state index < -0.39 is 35.9 Å². The summed E-state index contributed by atoms with van der Waals surface area (Å²) in [5.74, 6) is -2.66. The van der Waals surface area contributed by atoms with Gasteiger partial charge in [-0.1, -0.05) is 26.0 Å². The summed E-state index contributed by atoms with van der Waals surface area (Å²) in [6.07, 6.45) is 0.816. The maximum Gasteiger partial charge on any atom is 0.326 e. The molecule has 1 aromatic rings. The maximum atomic E-state index is 12.7. The highest BCUT2D eigenvalue weighted by Gasteiger charge is 2.30. The van der Waals surface area contributed by atoms with Gasteiger partial charge < -0.3 is 38.0 Å². The van der Waals surface area contributed by atoms with Crippen LogP contribution in [-0.2, 0) is 20.8 Å². The van der Waals surface area contributed by atoms with Crippen LogP contribution in [0.2, 0.25) is 0 Å². The van der Waals surface area contributed by atoms with E-state index in [0.717, 1.165) is 0 Å². The molecule has 11 nitrogen and oxygen atoms in total. The Morgan fingerprint density at radius 2 is 1.68 bits per heavy atom. The molecule has 0 aliphatic heterocycles. The van der Waals surface area contributed by atoms with Gasteiger partial charge in [0.05, 0.1) is 6.04 Å². The number of aliphatic imine (C=N–C) groups is 1. The lowest BCUT2D eigenvalue weighted by Gasteiger charge is -2.25. The zero-order chi connectivity index (χ0) is 23.6. The minimum Gasteiger partial charge on any atom is -0.508 e. The summed E-state index contributed by atoms with van der Waals surface area (Å²) >= 11 is 0. The summed E-state index contributed by atoms with van der Waals surface area (Å²) in [6, 6.07) is 2.97. The zero-order valence-electron chi connectivity index (χ0n) is 17.7. The second-order valence-corrected chi connectivity index (χ2v) is 7.56. The van der Waals surface area contributed by atoms with Crippen LogP contribution in [0.15, 0.2) is 29.3 Å². The van der Waals surface area contributed by atoms with Gasteiger partial charge in [-0.05, 0) is 36.5 Å². The van der Waals surface area contributed by atoms with Crippen molar-refractivity contribution in [1.29, 1.82) is 0 Å². The monoisotopic (exact) mass is 436 g/mol. The second kappa shape index (κ2) is 12.4. The molecule has 0 spiro atoms. The predicted octanol–water partition coefficient (Wildman–Crippen LogP) is -0.974. The Bertz CT molecular complexity index is 777. The van der Waals surface area contributed by atoms with Crippen LogP contribution in [0.3, 0.4) is 0 Å². The first kappa shape index (κ1) is 25.7. The standard InChI is InChI=1S/C20H32N6O5/c1-11(2)16(26-17(28)14(21)4-3-9-24-20(22)23)18(29)25-15(19(30)31)10-12-5-7-13(27)8-6-12/h5-8,11,14-16,27H,3-4,9-10,21H2,1-2H3,(H,25,29)(H,26,28)(H,30,31)(H4,22,23,24). The molecule has 0 fully saturated rings. The van der Waals surface area contributed by atoms with Crippen LogP contribution < -0.4 is 27.8 Å². The van der Waals surface area contributed by atoms with Gasteiger partial charge in [0.15, 0.2) is 5.96 Å². The Hall–Kier alpha value is -3.34. The number of nitrogens with one attached hydrogen (secondary N) is 2. The van der Waals surface area contributed by atoms with Crippen molar-refractivity contribution in [2.24, 2.45) is 28.1 Å². The molecule has 0 heterocycles. The highest BCUT2D eigenvalue weighted by molar-refractivity contribution is 5.92. The number of phenolic OH excluding ortho intramolecular Hbond substituents is 1. The number of benzene rings is 1. The molecule has 10 N–H and O–H groups in total. The smallest absolute Gasteiger partial charge is 0.326 e. The number of amides is 2. The van der Waals surface area contributed by atoms with Crippen LogP contribution in [0.5, 0.6) is 5.75 Å². The third kappa shape index (κ3) is 9.34. The van der Waals surface area contributed by atoms with Gasteiger partial charge in [0.1, 0.15) is 17.8 Å². The zero-order valence-corrected chi connectivity index (χ0v) is 17.7. The SMILES string of the molecule is CC(C)C(NC(=O)C(N)CCCN=C(N)N)C(=O)NC(Cc1ccc(O)cc1)C(=O)O. The average molecular weight is 437 g/mol. The number of hydrogen-bond donors (Lipinski definition) is 7. The first-order valence-corrected chi connectivity index (χ1v) is 9.93. The third-order valence-corrected chi connectivity index (χ3v) is 4.54. The number of hydrogen-bond acceptors (Lipinski definition) is 6. The minimum absolute atomic E-state index is 0.0183. The second-order valence-electron chi connectivity index (χ2n) is 7.56. The Labute approximate surface area is 181 Å². The van der Waals surface area contributed by atoms with Crippen LogP contribution in [0.1, 0.15) is 32.3 Å². The number of carboxylic acids is 1. The summed E-state index contributed by atoms with van der Waals surface area (Å²) in [4.78, 5) is 40.6. The molecule has 3 unspecified atom stereocenters. The number of rotatable bonds is 12. The normalized spacial score (nSPS) is 13.7. The molecule has 11 heteroatoms. The van der Waals surface area contributed by atoms with E-state index in [2.05, 4.69) is 15.6 Å². The van der Waals surface area contributed by atoms with Crippen LogP contribution in [0, 0.1) is 5.92 Å². The molecule has 0 aliphatic rings. The number of carboxylic acid groups (broad SMARTS) is 1. The number of nitrogens with two attached hydrogens (primary N) is 3. The number of carbonyl (C=O) groups excluding carboxylic acids is 2. The van der Waals surface area contributed by atoms with Crippen molar-refractivity contribution in [2.45, 2.75) is 51.2 Å². The van der Waals surface area contributed by atoms with E-state index >= 15 is 0 Å². The first-order chi connectivity index (χ1) is 14.5. The lowest BCUT2D eigenvalue weighted by atomic mass is 10.0. The van der Waals surface area contributed by atoms with Gasteiger partial charge in [-0.15, -0.1) is 0 Å². The number of aliphatic carboxylic acids is 1. The molecule has 1 aromatic carbocycles. The van der Waals surface area contributed by atoms with Crippen LogP contribution in [0.4, 0.5) is 0 Å². The highest BCUT2D eigenvalue weighted by Crippen LogP contribution is 2.12. The first-order valence-electron chi connectivity index (χ1n) is 9.93.